The van der Waals surface area contributed by atoms with Crippen molar-refractivity contribution in [3.8, 4) is 0 Å². The molecule has 2 heteroatoms. The molecular weight excluding hydrogens is 328 g/mol. The maximum atomic E-state index is 4.09. The van der Waals surface area contributed by atoms with Gasteiger partial charge >= 0.3 is 17.1 Å². The quantitative estimate of drug-likeness (QED) is 0.702. The van der Waals surface area contributed by atoms with Gasteiger partial charge in [-0.2, -0.15) is 11.8 Å². The fourth-order valence-electron chi connectivity index (χ4n) is 2.04. The van der Waals surface area contributed by atoms with E-state index in [-0.39, 0.29) is 17.1 Å². The van der Waals surface area contributed by atoms with Crippen LogP contribution in [0.5, 0.6) is 0 Å². The fraction of sp³-hybridized carbons (Fsp3) is 0.100. The van der Waals surface area contributed by atoms with Crippen molar-refractivity contribution >= 4 is 17.3 Å². The molecule has 0 N–H and O–H groups in total. The van der Waals surface area contributed by atoms with Crippen LogP contribution in [0.1, 0.15) is 11.1 Å². The van der Waals surface area contributed by atoms with Crippen LogP contribution in [0.2, 0.25) is 0 Å². The molecular formula is C20H20FeS+2. The molecule has 0 atom stereocenters. The van der Waals surface area contributed by atoms with Crippen molar-refractivity contribution in [3.05, 3.63) is 106 Å². The Bertz CT molecular complexity index is 406. The molecule has 0 spiro atoms. The van der Waals surface area contributed by atoms with Crippen LogP contribution in [0.15, 0.2) is 30.8 Å². The minimum absolute atomic E-state index is 0. The number of rotatable bonds is 4. The first kappa shape index (κ1) is 19.9. The van der Waals surface area contributed by atoms with E-state index in [0.717, 1.165) is 5.75 Å². The van der Waals surface area contributed by atoms with Crippen LogP contribution in [0, 0.1) is 63.7 Å². The molecule has 0 aliphatic heterocycles. The predicted molar refractivity (Wildman–Crippen MR) is 94.9 cm³/mol. The summed E-state index contributed by atoms with van der Waals surface area (Å²) < 4.78 is 0. The van der Waals surface area contributed by atoms with Gasteiger partial charge in [0.1, 0.15) is 0 Å². The third-order valence-electron chi connectivity index (χ3n) is 3.16. The van der Waals surface area contributed by atoms with Crippen LogP contribution in [-0.4, -0.2) is 12.0 Å². The molecule has 2 fully saturated rings. The summed E-state index contributed by atoms with van der Waals surface area (Å²) in [6.07, 6.45) is 20.5. The summed E-state index contributed by atoms with van der Waals surface area (Å²) in [5, 5.41) is 0. The van der Waals surface area contributed by atoms with E-state index in [0.29, 0.717) is 0 Å². The molecule has 2 aliphatic carbocycles. The van der Waals surface area contributed by atoms with Gasteiger partial charge < -0.3 is 0 Å². The first-order chi connectivity index (χ1) is 10.3. The summed E-state index contributed by atoms with van der Waals surface area (Å²) in [6.45, 7) is 4.09. The Kier molecular flexibility index (Phi) is 10.3. The normalized spacial score (nSPS) is 17.5. The van der Waals surface area contributed by atoms with E-state index < -0.39 is 0 Å². The molecule has 2 saturated carbocycles. The molecule has 0 nitrogen and oxygen atoms in total. The predicted octanol–water partition coefficient (Wildman–Crippen LogP) is 4.84. The summed E-state index contributed by atoms with van der Waals surface area (Å²) in [5.41, 5.74) is 3.71. The second-order valence-electron chi connectivity index (χ2n) is 4.75. The minimum atomic E-state index is 0. The van der Waals surface area contributed by atoms with Gasteiger partial charge in [-0.05, 0) is 80.7 Å². The van der Waals surface area contributed by atoms with Gasteiger partial charge in [0.25, 0.3) is 0 Å². The number of thioether (sulfide) groups is 1. The molecule has 3 rings (SSSR count). The molecule has 1 aromatic rings. The Balaban J connectivity index is 0.000000344. The Hall–Kier alpha value is -0.171. The first-order valence-corrected chi connectivity index (χ1v) is 8.36. The topological polar surface area (TPSA) is 0 Å². The van der Waals surface area contributed by atoms with Gasteiger partial charge in [0, 0.05) is 11.7 Å². The van der Waals surface area contributed by atoms with Crippen LogP contribution in [0.4, 0.5) is 0 Å². The molecule has 1 aromatic carbocycles. The monoisotopic (exact) mass is 348 g/mol. The molecule has 0 unspecified atom stereocenters. The summed E-state index contributed by atoms with van der Waals surface area (Å²) in [5.74, 6) is 2.28. The van der Waals surface area contributed by atoms with E-state index >= 15 is 0 Å². The number of benzene rings is 1. The fourth-order valence-corrected chi connectivity index (χ4v) is 2.56. The molecule has 2 aliphatic rings. The van der Waals surface area contributed by atoms with E-state index in [2.05, 4.69) is 62.8 Å². The van der Waals surface area contributed by atoms with E-state index in [4.69, 9.17) is 0 Å². The second-order valence-corrected chi connectivity index (χ2v) is 5.62. The molecule has 112 valence electrons. The largest absolute Gasteiger partial charge is 2.00 e. The third kappa shape index (κ3) is 6.52. The Morgan fingerprint density at radius 1 is 0.864 bits per heavy atom. The van der Waals surface area contributed by atoms with Crippen LogP contribution < -0.4 is 0 Å². The molecule has 0 bridgehead atoms. The van der Waals surface area contributed by atoms with Gasteiger partial charge in [-0.25, -0.2) is 0 Å². The van der Waals surface area contributed by atoms with E-state index in [1.54, 1.807) is 11.8 Å². The zero-order valence-corrected chi connectivity index (χ0v) is 14.6. The van der Waals surface area contributed by atoms with Crippen LogP contribution in [0.3, 0.4) is 0 Å². The maximum Gasteiger partial charge on any atom is 2.00 e. The number of hydrogen-bond acceptors (Lipinski definition) is 1. The van der Waals surface area contributed by atoms with Gasteiger partial charge in [0.15, 0.2) is 0 Å². The van der Waals surface area contributed by atoms with Crippen LogP contribution >= 0.6 is 11.8 Å². The van der Waals surface area contributed by atoms with Crippen molar-refractivity contribution in [3.63, 3.8) is 0 Å². The van der Waals surface area contributed by atoms with Crippen molar-refractivity contribution in [2.45, 2.75) is 0 Å². The second kappa shape index (κ2) is 11.4. The molecule has 0 heterocycles. The van der Waals surface area contributed by atoms with Crippen molar-refractivity contribution in [2.75, 3.05) is 12.0 Å². The SMILES string of the molecule is C=C(CSC)c1ccc([C]2[CH][CH][CH][CH]2)cc1.[CH]1[CH][CH][CH][CH]1.[Fe+2]. The minimum Gasteiger partial charge on any atom is -0.161 e. The van der Waals surface area contributed by atoms with E-state index in [1.807, 2.05) is 32.1 Å². The van der Waals surface area contributed by atoms with Crippen molar-refractivity contribution in [1.29, 1.82) is 0 Å². The van der Waals surface area contributed by atoms with Gasteiger partial charge in [0.05, 0.1) is 0 Å². The maximum absolute atomic E-state index is 4.09. The average Bonchev–Trinajstić information content (AvgIpc) is 3.23. The van der Waals surface area contributed by atoms with Crippen molar-refractivity contribution in [1.82, 2.24) is 0 Å². The van der Waals surface area contributed by atoms with E-state index in [1.165, 1.54) is 22.6 Å². The van der Waals surface area contributed by atoms with Crippen LogP contribution in [0.25, 0.3) is 5.57 Å². The summed E-state index contributed by atoms with van der Waals surface area (Å²) in [4.78, 5) is 0. The average molecular weight is 348 g/mol. The van der Waals surface area contributed by atoms with Crippen molar-refractivity contribution < 1.29 is 17.1 Å². The third-order valence-corrected chi connectivity index (χ3v) is 3.80. The Morgan fingerprint density at radius 2 is 1.36 bits per heavy atom. The zero-order chi connectivity index (χ0) is 14.9. The van der Waals surface area contributed by atoms with Crippen molar-refractivity contribution in [2.24, 2.45) is 0 Å². The molecule has 0 aromatic heterocycles. The van der Waals surface area contributed by atoms with Gasteiger partial charge in [0.2, 0.25) is 0 Å². The number of hydrogen-bond donors (Lipinski definition) is 0. The van der Waals surface area contributed by atoms with Crippen LogP contribution in [-0.2, 0) is 17.1 Å². The van der Waals surface area contributed by atoms with Gasteiger partial charge in [-0.15, -0.1) is 0 Å². The first-order valence-electron chi connectivity index (χ1n) is 6.97. The summed E-state index contributed by atoms with van der Waals surface area (Å²) >= 11 is 1.81. The van der Waals surface area contributed by atoms with E-state index in [9.17, 15) is 0 Å². The molecule has 0 amide bonds. The standard InChI is InChI=1S/C15H15S.C5H5.Fe/c1-12(11-16-2)13-7-9-15(10-8-13)14-5-3-4-6-14;1-2-4-5-3-1;/h3-10H,1,11H2,2H3;1-5H;/q;;+2. The molecule has 0 saturated heterocycles. The molecule has 22 heavy (non-hydrogen) atoms. The smallest absolute Gasteiger partial charge is 0.161 e. The Morgan fingerprint density at radius 3 is 1.82 bits per heavy atom. The van der Waals surface area contributed by atoms with Gasteiger partial charge in [-0.1, -0.05) is 30.8 Å². The molecule has 10 radical (unpaired) electrons. The summed E-state index contributed by atoms with van der Waals surface area (Å²) in [6, 6.07) is 8.63. The Labute approximate surface area is 152 Å². The van der Waals surface area contributed by atoms with Gasteiger partial charge in [-0.3, -0.25) is 0 Å². The summed E-state index contributed by atoms with van der Waals surface area (Å²) in [7, 11) is 0. The zero-order valence-electron chi connectivity index (χ0n) is 12.7.